The van der Waals surface area contributed by atoms with Gasteiger partial charge >= 0.3 is 0 Å². The molecule has 1 N–H and O–H groups in total. The van der Waals surface area contributed by atoms with E-state index in [9.17, 15) is 9.59 Å². The average molecular weight is 505 g/mol. The second-order valence-electron chi connectivity index (χ2n) is 9.12. The maximum absolute atomic E-state index is 13.6. The lowest BCUT2D eigenvalue weighted by Crippen LogP contribution is -2.21. The van der Waals surface area contributed by atoms with E-state index in [0.29, 0.717) is 59.3 Å². The Kier molecular flexibility index (Phi) is 6.31. The Bertz CT molecular complexity index is 1610. The number of nitrogens with one attached hydrogen (secondary N) is 1. The van der Waals surface area contributed by atoms with Crippen molar-refractivity contribution in [2.75, 3.05) is 5.32 Å². The third-order valence-corrected chi connectivity index (χ3v) is 6.70. The summed E-state index contributed by atoms with van der Waals surface area (Å²) >= 11 is 0. The fraction of sp³-hybridized carbons (Fsp3) is 0.172. The van der Waals surface area contributed by atoms with Crippen LogP contribution in [0.4, 0.5) is 5.69 Å². The highest BCUT2D eigenvalue weighted by Crippen LogP contribution is 2.38. The van der Waals surface area contributed by atoms with Gasteiger partial charge in [-0.1, -0.05) is 24.3 Å². The van der Waals surface area contributed by atoms with Gasteiger partial charge < -0.3 is 14.6 Å². The van der Waals surface area contributed by atoms with Crippen LogP contribution in [0.5, 0.6) is 5.75 Å². The van der Waals surface area contributed by atoms with Gasteiger partial charge in [0.2, 0.25) is 0 Å². The molecular formula is C29H24N6O3. The smallest absolute Gasteiger partial charge is 0.258 e. The number of nitrogens with zero attached hydrogens (tertiary/aromatic N) is 5. The number of fused-ring (bicyclic) bond motifs is 2. The van der Waals surface area contributed by atoms with Crippen LogP contribution in [0, 0.1) is 0 Å². The van der Waals surface area contributed by atoms with Gasteiger partial charge in [0.15, 0.2) is 5.78 Å². The van der Waals surface area contributed by atoms with E-state index >= 15 is 0 Å². The first-order valence-electron chi connectivity index (χ1n) is 12.4. The molecule has 1 amide bonds. The highest BCUT2D eigenvalue weighted by atomic mass is 16.5. The van der Waals surface area contributed by atoms with E-state index in [1.807, 2.05) is 47.2 Å². The minimum Gasteiger partial charge on any atom is -0.482 e. The minimum atomic E-state index is -0.422. The summed E-state index contributed by atoms with van der Waals surface area (Å²) in [5, 5.41) is 11.9. The zero-order valence-corrected chi connectivity index (χ0v) is 20.4. The normalized spacial score (nSPS) is 13.6. The van der Waals surface area contributed by atoms with Crippen molar-refractivity contribution in [3.05, 3.63) is 108 Å². The Morgan fingerprint density at radius 1 is 1.03 bits per heavy atom. The Labute approximate surface area is 218 Å². The summed E-state index contributed by atoms with van der Waals surface area (Å²) in [7, 11) is 0. The number of pyridine rings is 1. The monoisotopic (exact) mass is 504 g/mol. The number of Topliss-reactive ketones (excluding diaryl/α,β-unsaturated/α-hetero) is 1. The van der Waals surface area contributed by atoms with Crippen molar-refractivity contribution in [2.24, 2.45) is 0 Å². The van der Waals surface area contributed by atoms with Crippen molar-refractivity contribution >= 4 is 28.3 Å². The molecule has 1 atom stereocenters. The molecule has 0 bridgehead atoms. The van der Waals surface area contributed by atoms with Gasteiger partial charge in [-0.3, -0.25) is 14.6 Å². The van der Waals surface area contributed by atoms with Gasteiger partial charge in [-0.25, -0.2) is 4.98 Å². The number of imidazole rings is 1. The van der Waals surface area contributed by atoms with Crippen LogP contribution in [-0.2, 0) is 13.0 Å². The number of rotatable bonds is 7. The van der Waals surface area contributed by atoms with E-state index in [4.69, 9.17) is 4.74 Å². The van der Waals surface area contributed by atoms with Crippen LogP contribution >= 0.6 is 0 Å². The lowest BCUT2D eigenvalue weighted by atomic mass is 9.89. The van der Waals surface area contributed by atoms with Crippen LogP contribution in [0.25, 0.3) is 10.9 Å². The number of hydrogen-bond acceptors (Lipinski definition) is 7. The summed E-state index contributed by atoms with van der Waals surface area (Å²) < 4.78 is 8.51. The summed E-state index contributed by atoms with van der Waals surface area (Å²) in [6, 6.07) is 14.7. The van der Waals surface area contributed by atoms with Crippen LogP contribution in [0.3, 0.4) is 0 Å². The minimum absolute atomic E-state index is 0.0616. The highest BCUT2D eigenvalue weighted by Gasteiger charge is 2.26. The quantitative estimate of drug-likeness (QED) is 0.338. The first-order valence-corrected chi connectivity index (χ1v) is 12.4. The van der Waals surface area contributed by atoms with Gasteiger partial charge in [-0.15, -0.1) is 0 Å². The predicted octanol–water partition coefficient (Wildman–Crippen LogP) is 4.81. The summed E-state index contributed by atoms with van der Waals surface area (Å²) in [5.41, 5.74) is 3.79. The number of ketones is 1. The van der Waals surface area contributed by atoms with E-state index in [-0.39, 0.29) is 11.7 Å². The topological polar surface area (TPSA) is 112 Å². The molecule has 1 unspecified atom stereocenters. The predicted molar refractivity (Wildman–Crippen MR) is 141 cm³/mol. The maximum Gasteiger partial charge on any atom is 0.258 e. The van der Waals surface area contributed by atoms with Crippen molar-refractivity contribution < 1.29 is 14.3 Å². The molecule has 38 heavy (non-hydrogen) atoms. The molecule has 0 radical (unpaired) electrons. The van der Waals surface area contributed by atoms with Crippen LogP contribution in [0.1, 0.15) is 50.8 Å². The number of carbonyl (C=O) groups is 2. The van der Waals surface area contributed by atoms with Gasteiger partial charge in [0, 0.05) is 47.7 Å². The van der Waals surface area contributed by atoms with E-state index in [1.165, 1.54) is 6.20 Å². The Balaban J connectivity index is 1.41. The van der Waals surface area contributed by atoms with Gasteiger partial charge in [-0.05, 0) is 42.7 Å². The van der Waals surface area contributed by atoms with Gasteiger partial charge in [0.25, 0.3) is 5.91 Å². The molecule has 5 aromatic rings. The molecule has 9 heteroatoms. The SMILES string of the molecule is O=C1CCCc2c1ccc(OC(Cn1ccnc1)c1cccnc1)c2NC(=O)c1cnnc2ccccc12. The summed E-state index contributed by atoms with van der Waals surface area (Å²) in [6.07, 6.45) is 11.6. The molecule has 0 saturated heterocycles. The highest BCUT2D eigenvalue weighted by molar-refractivity contribution is 6.13. The first-order chi connectivity index (χ1) is 18.7. The number of ether oxygens (including phenoxy) is 1. The molecule has 9 nitrogen and oxygen atoms in total. The van der Waals surface area contributed by atoms with Crippen LogP contribution in [-0.4, -0.2) is 36.4 Å². The molecule has 0 saturated carbocycles. The Hall–Kier alpha value is -4.92. The van der Waals surface area contributed by atoms with Crippen molar-refractivity contribution in [3.8, 4) is 5.75 Å². The Morgan fingerprint density at radius 2 is 1.95 bits per heavy atom. The van der Waals surface area contributed by atoms with Crippen LogP contribution in [0.2, 0.25) is 0 Å². The standard InChI is InChI=1S/C29H24N6O3/c36-25-9-3-7-22-21(25)10-11-26(38-27(17-35-14-13-31-18-35)19-5-4-12-30-15-19)28(22)33-29(37)23-16-32-34-24-8-2-1-6-20(23)24/h1-2,4-6,8,10-16,18,27H,3,7,9,17H2,(H,33,37). The average Bonchev–Trinajstić information content (AvgIpc) is 3.47. The van der Waals surface area contributed by atoms with E-state index < -0.39 is 6.10 Å². The summed E-state index contributed by atoms with van der Waals surface area (Å²) in [6.45, 7) is 0.480. The zero-order chi connectivity index (χ0) is 25.9. The molecule has 1 aliphatic carbocycles. The lowest BCUT2D eigenvalue weighted by molar-refractivity contribution is 0.0969. The van der Waals surface area contributed by atoms with Crippen LogP contribution in [0.15, 0.2) is 85.8 Å². The maximum atomic E-state index is 13.6. The number of benzene rings is 2. The summed E-state index contributed by atoms with van der Waals surface area (Å²) in [4.78, 5) is 34.8. The fourth-order valence-corrected chi connectivity index (χ4v) is 4.83. The second-order valence-corrected chi connectivity index (χ2v) is 9.12. The van der Waals surface area contributed by atoms with Crippen molar-refractivity contribution in [2.45, 2.75) is 31.9 Å². The number of anilines is 1. The Morgan fingerprint density at radius 3 is 2.79 bits per heavy atom. The lowest BCUT2D eigenvalue weighted by Gasteiger charge is -2.25. The molecular weight excluding hydrogens is 480 g/mol. The molecule has 2 aromatic carbocycles. The van der Waals surface area contributed by atoms with Crippen molar-refractivity contribution in [1.29, 1.82) is 0 Å². The second kappa shape index (κ2) is 10.2. The van der Waals surface area contributed by atoms with Crippen molar-refractivity contribution in [1.82, 2.24) is 24.7 Å². The molecule has 3 aromatic heterocycles. The third kappa shape index (κ3) is 4.61. The van der Waals surface area contributed by atoms with Crippen molar-refractivity contribution in [3.63, 3.8) is 0 Å². The zero-order valence-electron chi connectivity index (χ0n) is 20.4. The molecule has 0 spiro atoms. The fourth-order valence-electron chi connectivity index (χ4n) is 4.83. The van der Waals surface area contributed by atoms with E-state index in [1.54, 1.807) is 37.1 Å². The van der Waals surface area contributed by atoms with Gasteiger partial charge in [0.05, 0.1) is 35.8 Å². The largest absolute Gasteiger partial charge is 0.482 e. The molecule has 188 valence electrons. The molecule has 0 aliphatic heterocycles. The van der Waals surface area contributed by atoms with E-state index in [0.717, 1.165) is 11.1 Å². The van der Waals surface area contributed by atoms with Gasteiger partial charge in [0.1, 0.15) is 11.9 Å². The summed E-state index contributed by atoms with van der Waals surface area (Å²) in [5.74, 6) is 0.193. The number of amides is 1. The third-order valence-electron chi connectivity index (χ3n) is 6.70. The van der Waals surface area contributed by atoms with Crippen LogP contribution < -0.4 is 10.1 Å². The number of aromatic nitrogens is 5. The number of carbonyl (C=O) groups excluding carboxylic acids is 2. The van der Waals surface area contributed by atoms with Gasteiger partial charge in [-0.2, -0.15) is 10.2 Å². The molecule has 1 aliphatic rings. The number of hydrogen-bond donors (Lipinski definition) is 1. The molecule has 6 rings (SSSR count). The molecule has 3 heterocycles. The molecule has 0 fully saturated rings. The first kappa shape index (κ1) is 23.5. The van der Waals surface area contributed by atoms with E-state index in [2.05, 4.69) is 25.5 Å².